The predicted octanol–water partition coefficient (Wildman–Crippen LogP) is 5.55. The van der Waals surface area contributed by atoms with Crippen LogP contribution >= 0.6 is 23.2 Å². The van der Waals surface area contributed by atoms with Crippen LogP contribution < -0.4 is 15.1 Å². The summed E-state index contributed by atoms with van der Waals surface area (Å²) in [6, 6.07) is 21.9. The predicted molar refractivity (Wildman–Crippen MR) is 181 cm³/mol. The third-order valence-corrected chi connectivity index (χ3v) is 10.2. The average molecular weight is 679 g/mol. The van der Waals surface area contributed by atoms with Crippen LogP contribution in [0.1, 0.15) is 36.8 Å². The summed E-state index contributed by atoms with van der Waals surface area (Å²) in [4.78, 5) is 60.6. The fourth-order valence-corrected chi connectivity index (χ4v) is 7.67. The Hall–Kier alpha value is -4.28. The number of hydrogen-bond acceptors (Lipinski definition) is 5. The first-order valence-corrected chi connectivity index (χ1v) is 16.4. The Labute approximate surface area is 283 Å². The van der Waals surface area contributed by atoms with E-state index in [0.29, 0.717) is 53.9 Å². The molecule has 12 heteroatoms. The van der Waals surface area contributed by atoms with Gasteiger partial charge in [-0.2, -0.15) is 0 Å². The van der Waals surface area contributed by atoms with E-state index in [1.807, 2.05) is 61.5 Å². The SMILES string of the molecule is Cc1ccc(N2CC(CC(=O)O)(CC(=O)N3CCC4(CC3)C(=O)NCN4c3ccccc3)CN(Cc3ccc(Cl)cc3Cl)C2=O)cc1. The molecule has 2 N–H and O–H groups in total. The van der Waals surface area contributed by atoms with Gasteiger partial charge in [-0.15, -0.1) is 0 Å². The summed E-state index contributed by atoms with van der Waals surface area (Å²) in [6.07, 6.45) is 0.490. The van der Waals surface area contributed by atoms with Crippen molar-refractivity contribution in [2.75, 3.05) is 42.6 Å². The van der Waals surface area contributed by atoms with Crippen molar-refractivity contribution in [3.8, 4) is 0 Å². The van der Waals surface area contributed by atoms with Gasteiger partial charge >= 0.3 is 12.0 Å². The molecule has 1 spiro atoms. The van der Waals surface area contributed by atoms with Crippen LogP contribution in [0.3, 0.4) is 0 Å². The van der Waals surface area contributed by atoms with Crippen LogP contribution in [-0.4, -0.2) is 77.1 Å². The van der Waals surface area contributed by atoms with Crippen molar-refractivity contribution in [3.63, 3.8) is 0 Å². The number of hydrogen-bond donors (Lipinski definition) is 2. The fourth-order valence-electron chi connectivity index (χ4n) is 7.20. The van der Waals surface area contributed by atoms with Gasteiger partial charge in [0.05, 0.1) is 13.1 Å². The lowest BCUT2D eigenvalue weighted by molar-refractivity contribution is -0.143. The first-order chi connectivity index (χ1) is 22.5. The van der Waals surface area contributed by atoms with Crippen LogP contribution in [0.5, 0.6) is 0 Å². The van der Waals surface area contributed by atoms with Gasteiger partial charge in [-0.25, -0.2) is 4.79 Å². The highest BCUT2D eigenvalue weighted by molar-refractivity contribution is 6.35. The molecule has 0 saturated carbocycles. The number of aryl methyl sites for hydroxylation is 1. The van der Waals surface area contributed by atoms with Crippen molar-refractivity contribution >= 4 is 58.4 Å². The number of nitrogens with one attached hydrogen (secondary N) is 1. The molecule has 3 fully saturated rings. The first-order valence-electron chi connectivity index (χ1n) is 15.7. The van der Waals surface area contributed by atoms with Crippen molar-refractivity contribution in [3.05, 3.63) is 94.0 Å². The molecule has 246 valence electrons. The number of urea groups is 1. The van der Waals surface area contributed by atoms with Crippen molar-refractivity contribution in [2.45, 2.75) is 44.7 Å². The zero-order chi connectivity index (χ0) is 33.3. The van der Waals surface area contributed by atoms with Crippen LogP contribution in [0.4, 0.5) is 16.2 Å². The molecular formula is C35H37Cl2N5O5. The quantitative estimate of drug-likeness (QED) is 0.323. The summed E-state index contributed by atoms with van der Waals surface area (Å²) in [5.41, 5.74) is 1.36. The summed E-state index contributed by atoms with van der Waals surface area (Å²) >= 11 is 12.6. The molecule has 3 aromatic carbocycles. The van der Waals surface area contributed by atoms with Gasteiger partial charge in [0.2, 0.25) is 11.8 Å². The van der Waals surface area contributed by atoms with Crippen LogP contribution in [0.2, 0.25) is 10.0 Å². The number of piperidine rings is 1. The molecule has 1 atom stereocenters. The van der Waals surface area contributed by atoms with Gasteiger partial charge in [0, 0.05) is 66.0 Å². The molecule has 3 saturated heterocycles. The highest BCUT2D eigenvalue weighted by Gasteiger charge is 2.52. The summed E-state index contributed by atoms with van der Waals surface area (Å²) in [6.45, 7) is 3.26. The van der Waals surface area contributed by atoms with E-state index < -0.39 is 16.9 Å². The van der Waals surface area contributed by atoms with Gasteiger partial charge in [0.25, 0.3) is 0 Å². The first kappa shape index (κ1) is 32.7. The molecule has 1 unspecified atom stereocenters. The normalized spacial score (nSPS) is 20.9. The van der Waals surface area contributed by atoms with E-state index in [2.05, 4.69) is 10.2 Å². The Morgan fingerprint density at radius 3 is 2.26 bits per heavy atom. The maximum Gasteiger partial charge on any atom is 0.324 e. The molecule has 3 heterocycles. The second-order valence-electron chi connectivity index (χ2n) is 12.9. The van der Waals surface area contributed by atoms with Gasteiger partial charge in [0.15, 0.2) is 0 Å². The van der Waals surface area contributed by atoms with Gasteiger partial charge in [-0.05, 0) is 61.7 Å². The Kier molecular flexibility index (Phi) is 9.09. The number of amides is 4. The maximum absolute atomic E-state index is 14.1. The molecule has 0 bridgehead atoms. The van der Waals surface area contributed by atoms with E-state index in [1.165, 1.54) is 0 Å². The number of aliphatic carboxylic acids is 1. The molecule has 10 nitrogen and oxygen atoms in total. The number of halogens is 2. The lowest BCUT2D eigenvalue weighted by atomic mass is 9.77. The highest BCUT2D eigenvalue weighted by atomic mass is 35.5. The lowest BCUT2D eigenvalue weighted by Gasteiger charge is -2.48. The Morgan fingerprint density at radius 1 is 0.894 bits per heavy atom. The number of carbonyl (C=O) groups excluding carboxylic acids is 3. The van der Waals surface area contributed by atoms with Gasteiger partial charge < -0.3 is 25.1 Å². The summed E-state index contributed by atoms with van der Waals surface area (Å²) in [5.74, 6) is -1.31. The van der Waals surface area contributed by atoms with Gasteiger partial charge in [-0.3, -0.25) is 19.3 Å². The topological polar surface area (TPSA) is 114 Å². The number of likely N-dealkylation sites (tertiary alicyclic amines) is 1. The lowest BCUT2D eigenvalue weighted by Crippen LogP contribution is -2.61. The Morgan fingerprint density at radius 2 is 1.60 bits per heavy atom. The summed E-state index contributed by atoms with van der Waals surface area (Å²) < 4.78 is 0. The summed E-state index contributed by atoms with van der Waals surface area (Å²) in [5, 5.41) is 14.0. The molecule has 0 radical (unpaired) electrons. The molecule has 6 rings (SSSR count). The molecule has 3 aliphatic heterocycles. The molecule has 0 aromatic heterocycles. The summed E-state index contributed by atoms with van der Waals surface area (Å²) in [7, 11) is 0. The maximum atomic E-state index is 14.1. The monoisotopic (exact) mass is 677 g/mol. The zero-order valence-electron chi connectivity index (χ0n) is 26.1. The van der Waals surface area contributed by atoms with Crippen LogP contribution in [0, 0.1) is 12.3 Å². The number of carboxylic acid groups (broad SMARTS) is 1. The zero-order valence-corrected chi connectivity index (χ0v) is 27.6. The highest BCUT2D eigenvalue weighted by Crippen LogP contribution is 2.40. The van der Waals surface area contributed by atoms with Crippen molar-refractivity contribution in [1.82, 2.24) is 15.1 Å². The number of carboxylic acids is 1. The third kappa shape index (κ3) is 6.62. The molecule has 4 amide bonds. The van der Waals surface area contributed by atoms with Crippen LogP contribution in [-0.2, 0) is 20.9 Å². The van der Waals surface area contributed by atoms with Crippen molar-refractivity contribution < 1.29 is 24.3 Å². The molecule has 0 aliphatic carbocycles. The molecule has 3 aromatic rings. The number of nitrogens with zero attached hydrogens (tertiary/aromatic N) is 4. The molecule has 3 aliphatic rings. The van der Waals surface area contributed by atoms with Gasteiger partial charge in [-0.1, -0.05) is 65.2 Å². The van der Waals surface area contributed by atoms with Gasteiger partial charge in [0.1, 0.15) is 5.54 Å². The van der Waals surface area contributed by atoms with E-state index in [4.69, 9.17) is 23.2 Å². The van der Waals surface area contributed by atoms with E-state index in [1.54, 1.807) is 32.9 Å². The van der Waals surface area contributed by atoms with E-state index in [-0.39, 0.29) is 50.3 Å². The Balaban J connectivity index is 1.26. The number of benzene rings is 3. The number of carbonyl (C=O) groups is 4. The largest absolute Gasteiger partial charge is 0.481 e. The average Bonchev–Trinajstić information content (AvgIpc) is 3.35. The molecular weight excluding hydrogens is 641 g/mol. The minimum atomic E-state index is -1.10. The fraction of sp³-hybridized carbons (Fsp3) is 0.371. The van der Waals surface area contributed by atoms with E-state index in [9.17, 15) is 24.3 Å². The number of rotatable bonds is 8. The minimum Gasteiger partial charge on any atom is -0.481 e. The third-order valence-electron chi connectivity index (χ3n) is 9.64. The number of anilines is 2. The van der Waals surface area contributed by atoms with E-state index in [0.717, 1.165) is 11.3 Å². The number of para-hydroxylation sites is 1. The van der Waals surface area contributed by atoms with E-state index >= 15 is 0 Å². The Bertz CT molecular complexity index is 1680. The molecule has 47 heavy (non-hydrogen) atoms. The van der Waals surface area contributed by atoms with Crippen molar-refractivity contribution in [1.29, 1.82) is 0 Å². The van der Waals surface area contributed by atoms with Crippen LogP contribution in [0.25, 0.3) is 0 Å². The van der Waals surface area contributed by atoms with Crippen molar-refractivity contribution in [2.24, 2.45) is 5.41 Å². The second kappa shape index (κ2) is 13.1. The van der Waals surface area contributed by atoms with Crippen LogP contribution in [0.15, 0.2) is 72.8 Å². The smallest absolute Gasteiger partial charge is 0.324 e. The second-order valence-corrected chi connectivity index (χ2v) is 13.7. The minimum absolute atomic E-state index is 0.0488. The standard InChI is InChI=1S/C35H37Cl2N5O5/c1-24-7-11-27(12-8-24)41-22-34(19-31(44)45,21-40(33(41)47)20-25-9-10-26(36)17-29(25)37)18-30(43)39-15-13-35(14-16-39)32(46)38-23-42(35)28-5-3-2-4-6-28/h2-12,17H,13-16,18-23H2,1H3,(H,38,46)(H,44,45).